The van der Waals surface area contributed by atoms with Crippen LogP contribution in [0.4, 0.5) is 0 Å². The van der Waals surface area contributed by atoms with Crippen LogP contribution in [0.5, 0.6) is 0 Å². The Morgan fingerprint density at radius 2 is 2.17 bits per heavy atom. The predicted molar refractivity (Wildman–Crippen MR) is 64.9 cm³/mol. The Bertz CT molecular complexity index is 217. The minimum atomic E-state index is 1.29. The minimum Gasteiger partial charge on any atom is -0.148 e. The molecule has 0 radical (unpaired) electrons. The highest BCUT2D eigenvalue weighted by molar-refractivity contribution is 14.1. The number of thiophene rings is 1. The molecule has 1 rings (SSSR count). The van der Waals surface area contributed by atoms with Gasteiger partial charge in [-0.05, 0) is 46.9 Å². The van der Waals surface area contributed by atoms with Gasteiger partial charge in [0.05, 0.1) is 0 Å². The summed E-state index contributed by atoms with van der Waals surface area (Å²) in [6.45, 7) is 2.26. The molecule has 2 heteroatoms. The van der Waals surface area contributed by atoms with Crippen LogP contribution in [0.2, 0.25) is 0 Å². The molecular weight excluding hydrogens is 279 g/mol. The molecule has 0 saturated carbocycles. The van der Waals surface area contributed by atoms with Crippen molar-refractivity contribution in [2.75, 3.05) is 0 Å². The highest BCUT2D eigenvalue weighted by Gasteiger charge is 1.99. The van der Waals surface area contributed by atoms with E-state index in [1.807, 2.05) is 11.3 Å². The van der Waals surface area contributed by atoms with Crippen LogP contribution in [0, 0.1) is 3.57 Å². The molecule has 0 atom stereocenters. The summed E-state index contributed by atoms with van der Waals surface area (Å²) in [5, 5.41) is 2.19. The first kappa shape index (κ1) is 10.5. The summed E-state index contributed by atoms with van der Waals surface area (Å²) < 4.78 is 1.45. The number of aryl methyl sites for hydroxylation is 1. The van der Waals surface area contributed by atoms with Gasteiger partial charge in [0.1, 0.15) is 0 Å². The smallest absolute Gasteiger partial charge is 0.0269 e. The largest absolute Gasteiger partial charge is 0.148 e. The third-order valence-corrected chi connectivity index (χ3v) is 4.31. The normalized spacial score (nSPS) is 10.5. The maximum absolute atomic E-state index is 2.43. The van der Waals surface area contributed by atoms with Crippen molar-refractivity contribution in [1.29, 1.82) is 0 Å². The number of rotatable bonds is 5. The lowest BCUT2D eigenvalue weighted by Gasteiger charge is -1.97. The third-order valence-electron chi connectivity index (χ3n) is 1.95. The van der Waals surface area contributed by atoms with Crippen LogP contribution in [-0.4, -0.2) is 0 Å². The Hall–Kier alpha value is 0.430. The number of halogens is 1. The van der Waals surface area contributed by atoms with E-state index >= 15 is 0 Å². The van der Waals surface area contributed by atoms with E-state index in [1.165, 1.54) is 35.7 Å². The lowest BCUT2D eigenvalue weighted by molar-refractivity contribution is 0.669. The van der Waals surface area contributed by atoms with Crippen LogP contribution < -0.4 is 0 Å². The molecule has 0 fully saturated rings. The topological polar surface area (TPSA) is 0 Å². The summed E-state index contributed by atoms with van der Waals surface area (Å²) in [6, 6.07) is 2.21. The van der Waals surface area contributed by atoms with E-state index in [2.05, 4.69) is 41.0 Å². The fourth-order valence-corrected chi connectivity index (χ4v) is 3.10. The van der Waals surface area contributed by atoms with Gasteiger partial charge in [-0.3, -0.25) is 0 Å². The van der Waals surface area contributed by atoms with Crippen molar-refractivity contribution in [1.82, 2.24) is 0 Å². The Morgan fingerprint density at radius 1 is 1.33 bits per heavy atom. The van der Waals surface area contributed by atoms with E-state index in [0.717, 1.165) is 0 Å². The van der Waals surface area contributed by atoms with Crippen molar-refractivity contribution < 1.29 is 0 Å². The Labute approximate surface area is 92.5 Å². The zero-order valence-corrected chi connectivity index (χ0v) is 10.5. The highest BCUT2D eigenvalue weighted by atomic mass is 127. The molecule has 0 amide bonds. The van der Waals surface area contributed by atoms with Crippen molar-refractivity contribution >= 4 is 33.9 Å². The van der Waals surface area contributed by atoms with Crippen molar-refractivity contribution in [3.63, 3.8) is 0 Å². The number of unbranched alkanes of at least 4 members (excludes halogenated alkanes) is 3. The minimum absolute atomic E-state index is 1.29. The summed E-state index contributed by atoms with van der Waals surface area (Å²) >= 11 is 4.33. The van der Waals surface area contributed by atoms with E-state index in [0.29, 0.717) is 0 Å². The quantitative estimate of drug-likeness (QED) is 0.555. The maximum Gasteiger partial charge on any atom is 0.0269 e. The van der Waals surface area contributed by atoms with E-state index in [4.69, 9.17) is 0 Å². The van der Waals surface area contributed by atoms with Crippen LogP contribution in [0.1, 0.15) is 37.5 Å². The van der Waals surface area contributed by atoms with Gasteiger partial charge in [0.15, 0.2) is 0 Å². The summed E-state index contributed by atoms with van der Waals surface area (Å²) in [5.74, 6) is 0. The van der Waals surface area contributed by atoms with Crippen LogP contribution in [0.25, 0.3) is 0 Å². The number of hydrogen-bond acceptors (Lipinski definition) is 1. The molecule has 1 aromatic rings. The molecule has 12 heavy (non-hydrogen) atoms. The molecule has 0 saturated heterocycles. The zero-order chi connectivity index (χ0) is 8.81. The molecular formula is C10H15IS. The molecule has 68 valence electrons. The van der Waals surface area contributed by atoms with Gasteiger partial charge in [-0.1, -0.05) is 26.2 Å². The molecule has 0 bridgehead atoms. The fourth-order valence-electron chi connectivity index (χ4n) is 1.22. The Morgan fingerprint density at radius 3 is 2.75 bits per heavy atom. The highest BCUT2D eigenvalue weighted by Crippen LogP contribution is 2.21. The average Bonchev–Trinajstić information content (AvgIpc) is 2.46. The average molecular weight is 294 g/mol. The molecule has 0 aromatic carbocycles. The molecule has 0 aliphatic carbocycles. The van der Waals surface area contributed by atoms with Gasteiger partial charge in [0, 0.05) is 8.45 Å². The maximum atomic E-state index is 2.43. The van der Waals surface area contributed by atoms with Gasteiger partial charge >= 0.3 is 0 Å². The monoisotopic (exact) mass is 294 g/mol. The summed E-state index contributed by atoms with van der Waals surface area (Å²) in [6.07, 6.45) is 6.77. The Kier molecular flexibility index (Phi) is 5.23. The molecule has 0 unspecified atom stereocenters. The SMILES string of the molecule is CCCCCCc1sccc1I. The lowest BCUT2D eigenvalue weighted by atomic mass is 10.1. The molecule has 1 aromatic heterocycles. The van der Waals surface area contributed by atoms with Crippen molar-refractivity contribution in [3.05, 3.63) is 19.9 Å². The zero-order valence-electron chi connectivity index (χ0n) is 7.48. The predicted octanol–water partition coefficient (Wildman–Crippen LogP) is 4.48. The van der Waals surface area contributed by atoms with Crippen molar-refractivity contribution in [2.24, 2.45) is 0 Å². The van der Waals surface area contributed by atoms with E-state index in [9.17, 15) is 0 Å². The molecule has 0 nitrogen and oxygen atoms in total. The third kappa shape index (κ3) is 3.44. The molecule has 0 spiro atoms. The van der Waals surface area contributed by atoms with Gasteiger partial charge < -0.3 is 0 Å². The van der Waals surface area contributed by atoms with Gasteiger partial charge in [-0.15, -0.1) is 11.3 Å². The van der Waals surface area contributed by atoms with Gasteiger partial charge in [0.25, 0.3) is 0 Å². The molecule has 0 aliphatic heterocycles. The fraction of sp³-hybridized carbons (Fsp3) is 0.600. The van der Waals surface area contributed by atoms with E-state index in [-0.39, 0.29) is 0 Å². The van der Waals surface area contributed by atoms with E-state index in [1.54, 1.807) is 4.88 Å². The first-order chi connectivity index (χ1) is 5.84. The van der Waals surface area contributed by atoms with Gasteiger partial charge in [0.2, 0.25) is 0 Å². The Balaban J connectivity index is 2.20. The summed E-state index contributed by atoms with van der Waals surface area (Å²) in [5.41, 5.74) is 0. The standard InChI is InChI=1S/C10H15IS/c1-2-3-4-5-6-10-9(11)7-8-12-10/h7-8H,2-6H2,1H3. The van der Waals surface area contributed by atoms with Crippen LogP contribution in [-0.2, 0) is 6.42 Å². The van der Waals surface area contributed by atoms with Crippen molar-refractivity contribution in [3.8, 4) is 0 Å². The second-order valence-electron chi connectivity index (χ2n) is 3.00. The molecule has 0 aliphatic rings. The first-order valence-corrected chi connectivity index (χ1v) is 6.52. The second-order valence-corrected chi connectivity index (χ2v) is 5.17. The van der Waals surface area contributed by atoms with Gasteiger partial charge in [-0.2, -0.15) is 0 Å². The van der Waals surface area contributed by atoms with Crippen LogP contribution >= 0.6 is 33.9 Å². The summed E-state index contributed by atoms with van der Waals surface area (Å²) in [4.78, 5) is 1.58. The number of hydrogen-bond donors (Lipinski definition) is 0. The van der Waals surface area contributed by atoms with Crippen LogP contribution in [0.3, 0.4) is 0 Å². The van der Waals surface area contributed by atoms with E-state index < -0.39 is 0 Å². The molecule has 0 N–H and O–H groups in total. The van der Waals surface area contributed by atoms with Crippen LogP contribution in [0.15, 0.2) is 11.4 Å². The lowest BCUT2D eigenvalue weighted by Crippen LogP contribution is -1.83. The van der Waals surface area contributed by atoms with Gasteiger partial charge in [-0.25, -0.2) is 0 Å². The summed E-state index contributed by atoms with van der Waals surface area (Å²) in [7, 11) is 0. The second kappa shape index (κ2) is 5.97. The molecule has 1 heterocycles. The van der Waals surface area contributed by atoms with Crippen molar-refractivity contribution in [2.45, 2.75) is 39.0 Å². The first-order valence-electron chi connectivity index (χ1n) is 4.56.